The molecule has 9 nitrogen and oxygen atoms in total. The van der Waals surface area contributed by atoms with Crippen LogP contribution in [0.1, 0.15) is 24.1 Å². The van der Waals surface area contributed by atoms with Crippen LogP contribution in [0.5, 0.6) is 17.2 Å². The summed E-state index contributed by atoms with van der Waals surface area (Å²) in [5.41, 5.74) is 1.13. The van der Waals surface area contributed by atoms with E-state index < -0.39 is 17.7 Å². The molecule has 2 fully saturated rings. The molecule has 1 amide bonds. The summed E-state index contributed by atoms with van der Waals surface area (Å²) in [7, 11) is 0. The summed E-state index contributed by atoms with van der Waals surface area (Å²) in [6.45, 7) is 6.98. The maximum absolute atomic E-state index is 13.3. The standard InChI is InChI=1S/C27H30N2O7/c1-2-34-20-5-3-4-18(16-20)24-23(25(30)19-6-7-21-22(17-19)36-15-14-35-21)26(31)27(32)29(24)9-8-28-10-12-33-13-11-28/h3-7,16-17,24,30H,2,8-15H2,1H3/t24-/m1/s1. The summed E-state index contributed by atoms with van der Waals surface area (Å²) in [4.78, 5) is 30.4. The average Bonchev–Trinajstić information content (AvgIpc) is 3.17. The zero-order valence-electron chi connectivity index (χ0n) is 20.3. The Morgan fingerprint density at radius 3 is 2.56 bits per heavy atom. The topological polar surface area (TPSA) is 97.8 Å². The molecule has 1 atom stereocenters. The fourth-order valence-corrected chi connectivity index (χ4v) is 4.82. The Bertz CT molecular complexity index is 1170. The van der Waals surface area contributed by atoms with Crippen LogP contribution in [0.2, 0.25) is 0 Å². The highest BCUT2D eigenvalue weighted by Gasteiger charge is 2.46. The van der Waals surface area contributed by atoms with Gasteiger partial charge in [-0.15, -0.1) is 0 Å². The first-order chi connectivity index (χ1) is 17.6. The van der Waals surface area contributed by atoms with E-state index in [4.69, 9.17) is 18.9 Å². The molecule has 0 aliphatic carbocycles. The number of aliphatic hydroxyl groups excluding tert-OH is 1. The number of aliphatic hydroxyl groups is 1. The van der Waals surface area contributed by atoms with E-state index in [9.17, 15) is 14.7 Å². The Balaban J connectivity index is 1.54. The molecule has 2 saturated heterocycles. The maximum Gasteiger partial charge on any atom is 0.295 e. The predicted octanol–water partition coefficient (Wildman–Crippen LogP) is 2.61. The lowest BCUT2D eigenvalue weighted by atomic mass is 9.95. The summed E-state index contributed by atoms with van der Waals surface area (Å²) in [5.74, 6) is 0.107. The van der Waals surface area contributed by atoms with Crippen molar-refractivity contribution < 1.29 is 33.6 Å². The molecule has 1 N–H and O–H groups in total. The molecule has 0 radical (unpaired) electrons. The SMILES string of the molecule is CCOc1cccc([C@@H]2C(=C(O)c3ccc4c(c3)OCCO4)C(=O)C(=O)N2CCN2CCOCC2)c1. The molecule has 0 spiro atoms. The molecule has 0 unspecified atom stereocenters. The molecule has 2 aromatic carbocycles. The summed E-state index contributed by atoms with van der Waals surface area (Å²) < 4.78 is 22.3. The van der Waals surface area contributed by atoms with Crippen LogP contribution >= 0.6 is 0 Å². The first-order valence-electron chi connectivity index (χ1n) is 12.3. The number of rotatable bonds is 7. The van der Waals surface area contributed by atoms with Gasteiger partial charge >= 0.3 is 0 Å². The summed E-state index contributed by atoms with van der Waals surface area (Å²) in [6, 6.07) is 11.6. The van der Waals surface area contributed by atoms with E-state index in [1.54, 1.807) is 23.1 Å². The zero-order valence-corrected chi connectivity index (χ0v) is 20.3. The number of ether oxygens (including phenoxy) is 4. The van der Waals surface area contributed by atoms with Crippen LogP contribution in [-0.4, -0.2) is 85.8 Å². The van der Waals surface area contributed by atoms with Gasteiger partial charge in [0.25, 0.3) is 11.7 Å². The summed E-state index contributed by atoms with van der Waals surface area (Å²) in [5, 5.41) is 11.4. The Hall–Kier alpha value is -3.56. The minimum Gasteiger partial charge on any atom is -0.507 e. The highest BCUT2D eigenvalue weighted by atomic mass is 16.6. The molecular formula is C27H30N2O7. The van der Waals surface area contributed by atoms with Crippen molar-refractivity contribution in [2.45, 2.75) is 13.0 Å². The lowest BCUT2D eigenvalue weighted by Crippen LogP contribution is -2.42. The van der Waals surface area contributed by atoms with Crippen molar-refractivity contribution in [2.24, 2.45) is 0 Å². The number of carbonyl (C=O) groups excluding carboxylic acids is 2. The number of Topliss-reactive ketones (excluding diaryl/α,β-unsaturated/α-hetero) is 1. The van der Waals surface area contributed by atoms with Crippen molar-refractivity contribution >= 4 is 17.4 Å². The van der Waals surface area contributed by atoms with Gasteiger partial charge in [0.15, 0.2) is 11.5 Å². The number of ketones is 1. The number of hydrogen-bond acceptors (Lipinski definition) is 8. The number of nitrogens with zero attached hydrogens (tertiary/aromatic N) is 2. The van der Waals surface area contributed by atoms with Gasteiger partial charge in [-0.05, 0) is 42.8 Å². The normalized spacial score (nSPS) is 21.6. The third-order valence-corrected chi connectivity index (χ3v) is 6.60. The highest BCUT2D eigenvalue weighted by Crippen LogP contribution is 2.41. The van der Waals surface area contributed by atoms with Crippen LogP contribution in [0.25, 0.3) is 5.76 Å². The van der Waals surface area contributed by atoms with Gasteiger partial charge in [-0.2, -0.15) is 0 Å². The number of likely N-dealkylation sites (tertiary alicyclic amines) is 1. The molecule has 0 saturated carbocycles. The third-order valence-electron chi connectivity index (χ3n) is 6.60. The van der Waals surface area contributed by atoms with E-state index in [0.717, 1.165) is 13.1 Å². The van der Waals surface area contributed by atoms with Crippen LogP contribution in [0.4, 0.5) is 0 Å². The van der Waals surface area contributed by atoms with Gasteiger partial charge in [0.2, 0.25) is 0 Å². The summed E-state index contributed by atoms with van der Waals surface area (Å²) in [6.07, 6.45) is 0. The number of hydrogen-bond donors (Lipinski definition) is 1. The molecular weight excluding hydrogens is 464 g/mol. The molecule has 2 aromatic rings. The highest BCUT2D eigenvalue weighted by molar-refractivity contribution is 6.46. The summed E-state index contributed by atoms with van der Waals surface area (Å²) >= 11 is 0. The lowest BCUT2D eigenvalue weighted by Gasteiger charge is -2.31. The van der Waals surface area contributed by atoms with Crippen LogP contribution in [-0.2, 0) is 14.3 Å². The number of fused-ring (bicyclic) bond motifs is 1. The first kappa shape index (κ1) is 24.1. The lowest BCUT2D eigenvalue weighted by molar-refractivity contribution is -0.140. The predicted molar refractivity (Wildman–Crippen MR) is 131 cm³/mol. The molecule has 3 aliphatic heterocycles. The van der Waals surface area contributed by atoms with E-state index in [1.165, 1.54) is 0 Å². The van der Waals surface area contributed by atoms with Gasteiger partial charge in [0.05, 0.1) is 31.4 Å². The molecule has 3 aliphatic rings. The largest absolute Gasteiger partial charge is 0.507 e. The monoisotopic (exact) mass is 494 g/mol. The Morgan fingerprint density at radius 2 is 1.78 bits per heavy atom. The second kappa shape index (κ2) is 10.6. The molecule has 3 heterocycles. The van der Waals surface area contributed by atoms with Crippen LogP contribution in [0.3, 0.4) is 0 Å². The Morgan fingerprint density at radius 1 is 1.00 bits per heavy atom. The van der Waals surface area contributed by atoms with Crippen molar-refractivity contribution in [2.75, 3.05) is 59.2 Å². The van der Waals surface area contributed by atoms with Crippen molar-refractivity contribution in [3.63, 3.8) is 0 Å². The van der Waals surface area contributed by atoms with E-state index in [0.29, 0.717) is 74.5 Å². The first-order valence-corrected chi connectivity index (χ1v) is 12.3. The van der Waals surface area contributed by atoms with E-state index in [2.05, 4.69) is 4.90 Å². The molecule has 190 valence electrons. The fourth-order valence-electron chi connectivity index (χ4n) is 4.82. The van der Waals surface area contributed by atoms with Crippen molar-refractivity contribution in [3.05, 3.63) is 59.2 Å². The van der Waals surface area contributed by atoms with Gasteiger partial charge in [-0.1, -0.05) is 12.1 Å². The zero-order chi connectivity index (χ0) is 25.1. The van der Waals surface area contributed by atoms with Crippen LogP contribution < -0.4 is 14.2 Å². The number of amides is 1. The Kier molecular flexibility index (Phi) is 7.11. The van der Waals surface area contributed by atoms with Crippen molar-refractivity contribution in [3.8, 4) is 17.2 Å². The smallest absolute Gasteiger partial charge is 0.295 e. The fraction of sp³-hybridized carbons (Fsp3) is 0.407. The number of benzene rings is 2. The molecule has 0 bridgehead atoms. The second-order valence-corrected chi connectivity index (χ2v) is 8.81. The van der Waals surface area contributed by atoms with Crippen molar-refractivity contribution in [1.29, 1.82) is 0 Å². The van der Waals surface area contributed by atoms with Gasteiger partial charge in [0.1, 0.15) is 24.7 Å². The van der Waals surface area contributed by atoms with E-state index >= 15 is 0 Å². The second-order valence-electron chi connectivity index (χ2n) is 8.81. The van der Waals surface area contributed by atoms with Gasteiger partial charge < -0.3 is 29.0 Å². The van der Waals surface area contributed by atoms with Crippen LogP contribution in [0, 0.1) is 0 Å². The third kappa shape index (κ3) is 4.76. The van der Waals surface area contributed by atoms with Gasteiger partial charge in [-0.25, -0.2) is 0 Å². The van der Waals surface area contributed by atoms with E-state index in [-0.39, 0.29) is 11.3 Å². The number of carbonyl (C=O) groups is 2. The Labute approximate surface area is 209 Å². The maximum atomic E-state index is 13.3. The minimum absolute atomic E-state index is 0.0484. The molecule has 9 heteroatoms. The molecule has 0 aromatic heterocycles. The van der Waals surface area contributed by atoms with Gasteiger partial charge in [0, 0.05) is 31.7 Å². The average molecular weight is 495 g/mol. The molecule has 5 rings (SSSR count). The molecule has 36 heavy (non-hydrogen) atoms. The van der Waals surface area contributed by atoms with Crippen LogP contribution in [0.15, 0.2) is 48.0 Å². The number of morpholine rings is 1. The van der Waals surface area contributed by atoms with E-state index in [1.807, 2.05) is 31.2 Å². The van der Waals surface area contributed by atoms with Crippen molar-refractivity contribution in [1.82, 2.24) is 9.80 Å². The van der Waals surface area contributed by atoms with Gasteiger partial charge in [-0.3, -0.25) is 14.5 Å². The minimum atomic E-state index is -0.750. The quantitative estimate of drug-likeness (QED) is 0.357.